The lowest BCUT2D eigenvalue weighted by Gasteiger charge is -2.16. The third-order valence-electron chi connectivity index (χ3n) is 2.01. The second-order valence-corrected chi connectivity index (χ2v) is 3.02. The fraction of sp³-hybridized carbons (Fsp3) is 0.333. The number of aromatic nitrogens is 1. The van der Waals surface area contributed by atoms with E-state index in [0.29, 0.717) is 6.20 Å². The molecular weight excluding hydrogens is 245 g/mol. The van der Waals surface area contributed by atoms with Crippen molar-refractivity contribution in [3.63, 3.8) is 0 Å². The average Bonchev–Trinajstić information content (AvgIpc) is 2.25. The van der Waals surface area contributed by atoms with Gasteiger partial charge in [-0.15, -0.1) is 0 Å². The zero-order valence-electron chi connectivity index (χ0n) is 8.22. The average molecular weight is 251 g/mol. The van der Waals surface area contributed by atoms with Gasteiger partial charge in [0.2, 0.25) is 0 Å². The summed E-state index contributed by atoms with van der Waals surface area (Å²) >= 11 is 0. The van der Waals surface area contributed by atoms with Crippen LogP contribution in [0.2, 0.25) is 0 Å². The first kappa shape index (κ1) is 13.3. The van der Waals surface area contributed by atoms with Crippen LogP contribution in [0.25, 0.3) is 0 Å². The minimum Gasteiger partial charge on any atom is -0.325 e. The third kappa shape index (κ3) is 2.50. The molecule has 1 rings (SSSR count). The molecule has 92 valence electrons. The Morgan fingerprint density at radius 3 is 2.35 bits per heavy atom. The summed E-state index contributed by atoms with van der Waals surface area (Å²) in [7, 11) is 0. The number of rotatable bonds is 2. The second kappa shape index (κ2) is 4.63. The molecule has 3 nitrogen and oxygen atoms in total. The molecule has 0 aromatic carbocycles. The molecule has 0 unspecified atom stereocenters. The normalized spacial score (nSPS) is 11.6. The maximum Gasteiger partial charge on any atom is 0.418 e. The Bertz CT molecular complexity index is 461. The number of hydrogen-bond donors (Lipinski definition) is 1. The van der Waals surface area contributed by atoms with Crippen molar-refractivity contribution in [2.24, 2.45) is 5.73 Å². The van der Waals surface area contributed by atoms with Crippen molar-refractivity contribution in [3.8, 4) is 6.07 Å². The van der Waals surface area contributed by atoms with E-state index in [0.717, 1.165) is 0 Å². The predicted octanol–water partition coefficient (Wildman–Crippen LogP) is 2.37. The number of pyridine rings is 1. The molecule has 0 aliphatic rings. The van der Waals surface area contributed by atoms with E-state index in [2.05, 4.69) is 4.98 Å². The molecule has 0 aliphatic heterocycles. The lowest BCUT2D eigenvalue weighted by atomic mass is 10.0. The monoisotopic (exact) mass is 251 g/mol. The summed E-state index contributed by atoms with van der Waals surface area (Å²) in [6.07, 6.45) is -7.78. The summed E-state index contributed by atoms with van der Waals surface area (Å²) < 4.78 is 63.1. The SMILES string of the molecule is N#Cc1cnc(CN)c(C(F)(F)F)c1C(F)F. The van der Waals surface area contributed by atoms with Crippen LogP contribution in [0.5, 0.6) is 0 Å². The van der Waals surface area contributed by atoms with E-state index in [1.54, 1.807) is 0 Å². The number of alkyl halides is 5. The number of halogens is 5. The van der Waals surface area contributed by atoms with Crippen LogP contribution in [0.1, 0.15) is 28.8 Å². The molecule has 0 amide bonds. The molecule has 0 spiro atoms. The van der Waals surface area contributed by atoms with Gasteiger partial charge in [-0.2, -0.15) is 18.4 Å². The summed E-state index contributed by atoms with van der Waals surface area (Å²) in [6, 6.07) is 1.26. The van der Waals surface area contributed by atoms with Crippen LogP contribution >= 0.6 is 0 Å². The minimum absolute atomic E-state index is 0.639. The molecule has 0 saturated carbocycles. The van der Waals surface area contributed by atoms with E-state index in [1.165, 1.54) is 6.07 Å². The molecule has 8 heteroatoms. The maximum atomic E-state index is 12.6. The molecule has 0 radical (unpaired) electrons. The van der Waals surface area contributed by atoms with Gasteiger partial charge in [-0.3, -0.25) is 4.98 Å². The van der Waals surface area contributed by atoms with E-state index in [4.69, 9.17) is 11.0 Å². The van der Waals surface area contributed by atoms with Gasteiger partial charge in [0.15, 0.2) is 0 Å². The fourth-order valence-corrected chi connectivity index (χ4v) is 1.35. The van der Waals surface area contributed by atoms with Crippen molar-refractivity contribution in [2.45, 2.75) is 19.1 Å². The van der Waals surface area contributed by atoms with E-state index in [9.17, 15) is 22.0 Å². The molecule has 2 N–H and O–H groups in total. The zero-order valence-corrected chi connectivity index (χ0v) is 8.22. The highest BCUT2D eigenvalue weighted by molar-refractivity contribution is 5.45. The molecule has 0 saturated heterocycles. The van der Waals surface area contributed by atoms with Gasteiger partial charge in [-0.05, 0) is 0 Å². The van der Waals surface area contributed by atoms with Crippen molar-refractivity contribution < 1.29 is 22.0 Å². The van der Waals surface area contributed by atoms with Gasteiger partial charge in [0.25, 0.3) is 6.43 Å². The van der Waals surface area contributed by atoms with Gasteiger partial charge >= 0.3 is 6.18 Å². The Labute approximate surface area is 92.7 Å². The van der Waals surface area contributed by atoms with Crippen molar-refractivity contribution in [1.82, 2.24) is 4.98 Å². The van der Waals surface area contributed by atoms with E-state index in [-0.39, 0.29) is 0 Å². The van der Waals surface area contributed by atoms with Gasteiger partial charge in [-0.25, -0.2) is 8.78 Å². The fourth-order valence-electron chi connectivity index (χ4n) is 1.35. The van der Waals surface area contributed by atoms with Crippen LogP contribution in [0.15, 0.2) is 6.20 Å². The number of nitrogens with zero attached hydrogens (tertiary/aromatic N) is 2. The van der Waals surface area contributed by atoms with E-state index >= 15 is 0 Å². The Morgan fingerprint density at radius 2 is 2.00 bits per heavy atom. The number of nitrogens with two attached hydrogens (primary N) is 1. The van der Waals surface area contributed by atoms with E-state index < -0.39 is 41.5 Å². The molecule has 17 heavy (non-hydrogen) atoms. The van der Waals surface area contributed by atoms with Gasteiger partial charge in [0.05, 0.1) is 22.4 Å². The first-order chi connectivity index (χ1) is 7.82. The Morgan fingerprint density at radius 1 is 1.41 bits per heavy atom. The van der Waals surface area contributed by atoms with Crippen LogP contribution in [0.4, 0.5) is 22.0 Å². The number of hydrogen-bond acceptors (Lipinski definition) is 3. The molecule has 0 aliphatic carbocycles. The molecule has 0 fully saturated rings. The highest BCUT2D eigenvalue weighted by Gasteiger charge is 2.40. The van der Waals surface area contributed by atoms with Crippen LogP contribution in [0, 0.1) is 11.3 Å². The van der Waals surface area contributed by atoms with Crippen molar-refractivity contribution >= 4 is 0 Å². The van der Waals surface area contributed by atoms with Crippen molar-refractivity contribution in [2.75, 3.05) is 0 Å². The molecule has 1 heterocycles. The quantitative estimate of drug-likeness (QED) is 0.820. The molecule has 1 aromatic rings. The highest BCUT2D eigenvalue weighted by atomic mass is 19.4. The first-order valence-corrected chi connectivity index (χ1v) is 4.30. The van der Waals surface area contributed by atoms with Gasteiger partial charge in [0.1, 0.15) is 6.07 Å². The Kier molecular flexibility index (Phi) is 3.63. The summed E-state index contributed by atoms with van der Waals surface area (Å²) in [5.41, 5.74) is 0.532. The molecule has 0 bridgehead atoms. The lowest BCUT2D eigenvalue weighted by molar-refractivity contribution is -0.140. The Balaban J connectivity index is 3.67. The molecular formula is C9H6F5N3. The van der Waals surface area contributed by atoms with Gasteiger partial charge in [-0.1, -0.05) is 0 Å². The van der Waals surface area contributed by atoms with Crippen LogP contribution < -0.4 is 5.73 Å². The van der Waals surface area contributed by atoms with Crippen molar-refractivity contribution in [1.29, 1.82) is 5.26 Å². The van der Waals surface area contributed by atoms with E-state index in [1.807, 2.05) is 0 Å². The van der Waals surface area contributed by atoms with Crippen LogP contribution in [-0.4, -0.2) is 4.98 Å². The zero-order chi connectivity index (χ0) is 13.2. The Hall–Kier alpha value is -1.75. The van der Waals surface area contributed by atoms with Crippen molar-refractivity contribution in [3.05, 3.63) is 28.6 Å². The summed E-state index contributed by atoms with van der Waals surface area (Å²) in [5, 5.41) is 8.50. The summed E-state index contributed by atoms with van der Waals surface area (Å²) in [5.74, 6) is 0. The maximum absolute atomic E-state index is 12.6. The largest absolute Gasteiger partial charge is 0.418 e. The standard InChI is InChI=1S/C9H6F5N3/c10-8(11)6-4(1-15)3-17-5(2-16)7(6)9(12,13)14/h3,8H,2,16H2. The summed E-state index contributed by atoms with van der Waals surface area (Å²) in [4.78, 5) is 3.28. The first-order valence-electron chi connectivity index (χ1n) is 4.30. The summed E-state index contributed by atoms with van der Waals surface area (Å²) in [6.45, 7) is -0.639. The smallest absolute Gasteiger partial charge is 0.325 e. The predicted molar refractivity (Wildman–Crippen MR) is 46.8 cm³/mol. The second-order valence-electron chi connectivity index (χ2n) is 3.02. The van der Waals surface area contributed by atoms with Crippen LogP contribution in [0.3, 0.4) is 0 Å². The topological polar surface area (TPSA) is 62.7 Å². The van der Waals surface area contributed by atoms with Crippen LogP contribution in [-0.2, 0) is 12.7 Å². The lowest BCUT2D eigenvalue weighted by Crippen LogP contribution is -2.18. The van der Waals surface area contributed by atoms with Gasteiger partial charge < -0.3 is 5.73 Å². The minimum atomic E-state index is -5.03. The number of nitriles is 1. The third-order valence-corrected chi connectivity index (χ3v) is 2.01. The van der Waals surface area contributed by atoms with Gasteiger partial charge in [0, 0.05) is 12.7 Å². The molecule has 0 atom stereocenters. The highest BCUT2D eigenvalue weighted by Crippen LogP contribution is 2.39. The molecule has 1 aromatic heterocycles.